The first-order chi connectivity index (χ1) is 11.4. The van der Waals surface area contributed by atoms with Crippen LogP contribution in [0.3, 0.4) is 0 Å². The minimum Gasteiger partial charge on any atom is -0.508 e. The topological polar surface area (TPSA) is 87.5 Å². The van der Waals surface area contributed by atoms with E-state index < -0.39 is 10.1 Å². The van der Waals surface area contributed by atoms with Crippen molar-refractivity contribution in [3.63, 3.8) is 0 Å². The minimum absolute atomic E-state index is 0.156. The van der Waals surface area contributed by atoms with Crippen molar-refractivity contribution in [3.05, 3.63) is 89.7 Å². The molecular formula is C18H15NO4S. The van der Waals surface area contributed by atoms with Gasteiger partial charge in [0, 0.05) is 6.20 Å². The number of phenolic OH excluding ortho intramolecular Hbond substituents is 1. The standard InChI is InChI=1S/C18H15NO4S/c20-15-8-4-13(5-9-15)18(17-3-1-2-12-19-17)14-6-10-16(11-7-14)24(21,22)23/h1-12,18,20H,(H,21,22,23). The molecule has 0 amide bonds. The van der Waals surface area contributed by atoms with Gasteiger partial charge >= 0.3 is 0 Å². The SMILES string of the molecule is O=S(=O)(O)c1ccc(C(c2ccc(O)cc2)c2ccccn2)cc1. The lowest BCUT2D eigenvalue weighted by Crippen LogP contribution is -2.06. The summed E-state index contributed by atoms with van der Waals surface area (Å²) < 4.78 is 31.5. The summed E-state index contributed by atoms with van der Waals surface area (Å²) in [6, 6.07) is 18.4. The first kappa shape index (κ1) is 16.2. The van der Waals surface area contributed by atoms with Crippen molar-refractivity contribution in [1.29, 1.82) is 0 Å². The predicted octanol–water partition coefficient (Wildman–Crippen LogP) is 3.21. The number of rotatable bonds is 4. The van der Waals surface area contributed by atoms with Gasteiger partial charge in [0.1, 0.15) is 5.75 Å². The molecule has 5 nitrogen and oxygen atoms in total. The van der Waals surface area contributed by atoms with Crippen LogP contribution in [0, 0.1) is 0 Å². The van der Waals surface area contributed by atoms with Crippen molar-refractivity contribution >= 4 is 10.1 Å². The fourth-order valence-electron chi connectivity index (χ4n) is 2.58. The van der Waals surface area contributed by atoms with Crippen LogP contribution in [-0.4, -0.2) is 23.1 Å². The molecule has 3 rings (SSSR count). The highest BCUT2D eigenvalue weighted by Gasteiger charge is 2.19. The van der Waals surface area contributed by atoms with Gasteiger partial charge in [-0.1, -0.05) is 30.3 Å². The van der Waals surface area contributed by atoms with Gasteiger partial charge in [0.25, 0.3) is 10.1 Å². The highest BCUT2D eigenvalue weighted by molar-refractivity contribution is 7.85. The zero-order valence-electron chi connectivity index (χ0n) is 12.6. The Morgan fingerprint density at radius 2 is 1.42 bits per heavy atom. The van der Waals surface area contributed by atoms with Crippen LogP contribution in [0.15, 0.2) is 77.8 Å². The molecule has 0 aliphatic heterocycles. The zero-order valence-corrected chi connectivity index (χ0v) is 13.4. The van der Waals surface area contributed by atoms with E-state index in [1.54, 1.807) is 42.6 Å². The molecule has 24 heavy (non-hydrogen) atoms. The molecule has 0 bridgehead atoms. The number of pyridine rings is 1. The van der Waals surface area contributed by atoms with Crippen LogP contribution in [0.2, 0.25) is 0 Å². The van der Waals surface area contributed by atoms with E-state index in [-0.39, 0.29) is 16.6 Å². The monoisotopic (exact) mass is 341 g/mol. The van der Waals surface area contributed by atoms with Crippen LogP contribution in [0.5, 0.6) is 5.75 Å². The number of aromatic nitrogens is 1. The van der Waals surface area contributed by atoms with Crippen molar-refractivity contribution < 1.29 is 18.1 Å². The van der Waals surface area contributed by atoms with Gasteiger partial charge in [-0.25, -0.2) is 0 Å². The number of hydrogen-bond donors (Lipinski definition) is 2. The molecule has 1 unspecified atom stereocenters. The minimum atomic E-state index is -4.23. The molecule has 0 saturated carbocycles. The van der Waals surface area contributed by atoms with Crippen molar-refractivity contribution in [1.82, 2.24) is 4.98 Å². The maximum atomic E-state index is 11.2. The average Bonchev–Trinajstić information content (AvgIpc) is 2.58. The highest BCUT2D eigenvalue weighted by Crippen LogP contribution is 2.32. The van der Waals surface area contributed by atoms with Gasteiger partial charge in [0.2, 0.25) is 0 Å². The number of phenols is 1. The number of benzene rings is 2. The highest BCUT2D eigenvalue weighted by atomic mass is 32.2. The summed E-state index contributed by atoms with van der Waals surface area (Å²) in [5, 5.41) is 9.50. The Labute approximate surface area is 140 Å². The fraction of sp³-hybridized carbons (Fsp3) is 0.0556. The van der Waals surface area contributed by atoms with Gasteiger partial charge in [-0.3, -0.25) is 9.54 Å². The lowest BCUT2D eigenvalue weighted by Gasteiger charge is -2.18. The van der Waals surface area contributed by atoms with Crippen molar-refractivity contribution in [3.8, 4) is 5.75 Å². The maximum Gasteiger partial charge on any atom is 0.294 e. The molecule has 2 aromatic carbocycles. The molecule has 122 valence electrons. The second-order valence-electron chi connectivity index (χ2n) is 5.32. The molecule has 0 radical (unpaired) electrons. The molecule has 1 atom stereocenters. The van der Waals surface area contributed by atoms with Crippen molar-refractivity contribution in [2.24, 2.45) is 0 Å². The van der Waals surface area contributed by atoms with Crippen LogP contribution in [0.4, 0.5) is 0 Å². The van der Waals surface area contributed by atoms with Crippen LogP contribution in [-0.2, 0) is 10.1 Å². The number of nitrogens with zero attached hydrogens (tertiary/aromatic N) is 1. The summed E-state index contributed by atoms with van der Waals surface area (Å²) in [4.78, 5) is 4.24. The molecule has 1 aromatic heterocycles. The summed E-state index contributed by atoms with van der Waals surface area (Å²) in [5.74, 6) is -0.0533. The Morgan fingerprint density at radius 3 is 1.92 bits per heavy atom. The Kier molecular flexibility index (Phi) is 4.33. The van der Waals surface area contributed by atoms with Gasteiger partial charge in [-0.05, 0) is 47.5 Å². The van der Waals surface area contributed by atoms with E-state index in [1.165, 1.54) is 12.1 Å². The molecule has 1 heterocycles. The zero-order chi connectivity index (χ0) is 17.2. The van der Waals surface area contributed by atoms with E-state index in [9.17, 15) is 13.5 Å². The summed E-state index contributed by atoms with van der Waals surface area (Å²) in [5.41, 5.74) is 2.53. The summed E-state index contributed by atoms with van der Waals surface area (Å²) >= 11 is 0. The van der Waals surface area contributed by atoms with Gasteiger partial charge in [0.05, 0.1) is 16.5 Å². The smallest absolute Gasteiger partial charge is 0.294 e. The summed E-state index contributed by atoms with van der Waals surface area (Å²) in [6.45, 7) is 0. The number of aromatic hydroxyl groups is 1. The van der Waals surface area contributed by atoms with Gasteiger partial charge in [-0.15, -0.1) is 0 Å². The first-order valence-electron chi connectivity index (χ1n) is 7.22. The quantitative estimate of drug-likeness (QED) is 0.712. The normalized spacial score (nSPS) is 12.7. The fourth-order valence-corrected chi connectivity index (χ4v) is 3.06. The Morgan fingerprint density at radius 1 is 0.833 bits per heavy atom. The molecule has 0 aliphatic rings. The van der Waals surface area contributed by atoms with Crippen molar-refractivity contribution in [2.75, 3.05) is 0 Å². The molecule has 2 N–H and O–H groups in total. The van der Waals surface area contributed by atoms with E-state index >= 15 is 0 Å². The van der Waals surface area contributed by atoms with E-state index in [0.29, 0.717) is 0 Å². The Bertz CT molecular complexity index is 921. The maximum absolute atomic E-state index is 11.2. The van der Waals surface area contributed by atoms with Gasteiger partial charge < -0.3 is 5.11 Å². The second kappa shape index (κ2) is 6.43. The van der Waals surface area contributed by atoms with Gasteiger partial charge in [0.15, 0.2) is 0 Å². The van der Waals surface area contributed by atoms with Crippen molar-refractivity contribution in [2.45, 2.75) is 10.8 Å². The lowest BCUT2D eigenvalue weighted by molar-refractivity contribution is 0.475. The molecular weight excluding hydrogens is 326 g/mol. The second-order valence-corrected chi connectivity index (χ2v) is 6.74. The third kappa shape index (κ3) is 3.45. The third-order valence-electron chi connectivity index (χ3n) is 3.72. The van der Waals surface area contributed by atoms with E-state index in [1.807, 2.05) is 18.2 Å². The summed E-state index contributed by atoms with van der Waals surface area (Å²) in [7, 11) is -4.23. The molecule has 0 spiro atoms. The average molecular weight is 341 g/mol. The van der Waals surface area contributed by atoms with E-state index in [0.717, 1.165) is 16.8 Å². The molecule has 0 aliphatic carbocycles. The Balaban J connectivity index is 2.10. The van der Waals surface area contributed by atoms with Crippen LogP contribution < -0.4 is 0 Å². The third-order valence-corrected chi connectivity index (χ3v) is 4.59. The van der Waals surface area contributed by atoms with E-state index in [2.05, 4.69) is 4.98 Å². The molecule has 6 heteroatoms. The molecule has 3 aromatic rings. The number of hydrogen-bond acceptors (Lipinski definition) is 4. The summed E-state index contributed by atoms with van der Waals surface area (Å²) in [6.07, 6.45) is 1.69. The largest absolute Gasteiger partial charge is 0.508 e. The van der Waals surface area contributed by atoms with Crippen LogP contribution in [0.25, 0.3) is 0 Å². The van der Waals surface area contributed by atoms with Crippen LogP contribution >= 0.6 is 0 Å². The lowest BCUT2D eigenvalue weighted by atomic mass is 9.88. The van der Waals surface area contributed by atoms with Gasteiger partial charge in [-0.2, -0.15) is 8.42 Å². The molecule has 0 saturated heterocycles. The van der Waals surface area contributed by atoms with Crippen LogP contribution in [0.1, 0.15) is 22.7 Å². The molecule has 0 fully saturated rings. The predicted molar refractivity (Wildman–Crippen MR) is 89.5 cm³/mol. The van der Waals surface area contributed by atoms with E-state index in [4.69, 9.17) is 4.55 Å². The Hall–Kier alpha value is -2.70. The first-order valence-corrected chi connectivity index (χ1v) is 8.66.